The zero-order valence-corrected chi connectivity index (χ0v) is 17.7. The molecule has 0 aliphatic heterocycles. The molecule has 0 saturated carbocycles. The van der Waals surface area contributed by atoms with Gasteiger partial charge in [0.2, 0.25) is 0 Å². The van der Waals surface area contributed by atoms with Crippen LogP contribution in [0.15, 0.2) is 54.6 Å². The van der Waals surface area contributed by atoms with Crippen LogP contribution in [0.1, 0.15) is 5.56 Å². The molecule has 0 heterocycles. The molecule has 3 rings (SSSR count). The largest absolute Gasteiger partial charge is 1.00 e. The minimum atomic E-state index is -4.49. The quantitative estimate of drug-likeness (QED) is 0.284. The molecule has 0 unspecified atom stereocenters. The Morgan fingerprint density at radius 2 is 1.27 bits per heavy atom. The van der Waals surface area contributed by atoms with Crippen molar-refractivity contribution < 1.29 is 73.5 Å². The Labute approximate surface area is 173 Å². The number of benzene rings is 3. The van der Waals surface area contributed by atoms with Crippen LogP contribution in [-0.2, 0) is 11.0 Å². The maximum absolute atomic E-state index is 10.9. The molecule has 3 aromatic carbocycles. The maximum Gasteiger partial charge on any atom is 1.00 e. The molecule has 0 saturated heterocycles. The van der Waals surface area contributed by atoms with Crippen molar-refractivity contribution in [2.24, 2.45) is 0 Å². The van der Waals surface area contributed by atoms with Gasteiger partial charge in [-0.15, -0.1) is 0 Å². The predicted octanol–water partition coefficient (Wildman–Crippen LogP) is -3.54. The Morgan fingerprint density at radius 1 is 0.818 bits per heavy atom. The summed E-state index contributed by atoms with van der Waals surface area (Å²) in [6.07, 6.45) is -0.0862. The summed E-state index contributed by atoms with van der Waals surface area (Å²) in [5.74, 6) is 0. The Morgan fingerprint density at radius 3 is 1.73 bits per heavy atom. The third kappa shape index (κ3) is 4.67. The zero-order valence-electron chi connectivity index (χ0n) is 12.8. The Balaban J connectivity index is 0.00000121. The maximum atomic E-state index is 10.9. The third-order valence-corrected chi connectivity index (χ3v) is 4.29. The summed E-state index contributed by atoms with van der Waals surface area (Å²) >= 11 is 0. The van der Waals surface area contributed by atoms with Crippen LogP contribution in [0.25, 0.3) is 21.5 Å². The van der Waals surface area contributed by atoms with Crippen LogP contribution in [0.4, 0.5) is 0 Å². The molecule has 0 aromatic heterocycles. The topological polar surface area (TPSA) is 63.2 Å². The Bertz CT molecular complexity index is 776. The third-order valence-electron chi connectivity index (χ3n) is 3.52. The molecule has 0 N–H and O–H groups in total. The Kier molecular flexibility index (Phi) is 7.81. The molecular weight excluding hydrogens is 317 g/mol. The molecule has 6 heteroatoms. The molecule has 0 bridgehead atoms. The van der Waals surface area contributed by atoms with Crippen LogP contribution in [0.5, 0.6) is 0 Å². The number of hydrogen-bond acceptors (Lipinski definition) is 3. The summed E-state index contributed by atoms with van der Waals surface area (Å²) in [5.41, 5.74) is 0.936. The van der Waals surface area contributed by atoms with Crippen molar-refractivity contribution in [1.29, 1.82) is 0 Å². The van der Waals surface area contributed by atoms with E-state index in [1.54, 1.807) is 0 Å². The van der Waals surface area contributed by atoms with Crippen LogP contribution in [0.3, 0.4) is 0 Å². The molecule has 0 amide bonds. The zero-order chi connectivity index (χ0) is 14.2. The molecule has 22 heavy (non-hydrogen) atoms. The first-order valence-corrected chi connectivity index (χ1v) is 8.18. The van der Waals surface area contributed by atoms with Crippen molar-refractivity contribution in [2.75, 3.05) is 6.16 Å². The van der Waals surface area contributed by atoms with Gasteiger partial charge in [-0.1, -0.05) is 56.1 Å². The van der Waals surface area contributed by atoms with Crippen molar-refractivity contribution in [3.63, 3.8) is 0 Å². The van der Waals surface area contributed by atoms with Crippen molar-refractivity contribution in [1.82, 2.24) is 0 Å². The first kappa shape index (κ1) is 20.4. The van der Waals surface area contributed by atoms with Gasteiger partial charge in [-0.05, 0) is 45.8 Å². The minimum Gasteiger partial charge on any atom is -0.811 e. The second-order valence-electron chi connectivity index (χ2n) is 4.88. The molecule has 0 aliphatic carbocycles. The smallest absolute Gasteiger partial charge is 0.811 e. The van der Waals surface area contributed by atoms with Gasteiger partial charge in [-0.2, -0.15) is 0 Å². The predicted molar refractivity (Wildman–Crippen MR) is 77.6 cm³/mol. The van der Waals surface area contributed by atoms with E-state index in [4.69, 9.17) is 0 Å². The van der Waals surface area contributed by atoms with E-state index in [1.165, 1.54) is 0 Å². The first-order chi connectivity index (χ1) is 9.54. The summed E-state index contributed by atoms with van der Waals surface area (Å²) in [6.45, 7) is 0. The molecule has 3 nitrogen and oxygen atoms in total. The van der Waals surface area contributed by atoms with Crippen LogP contribution in [0.2, 0.25) is 0 Å². The normalized spacial score (nSPS) is 11.0. The molecule has 0 fully saturated rings. The molecule has 0 atom stereocenters. The second kappa shape index (κ2) is 8.43. The number of rotatable bonds is 3. The van der Waals surface area contributed by atoms with Crippen LogP contribution in [-0.4, -0.2) is 6.16 Å². The van der Waals surface area contributed by atoms with Crippen molar-refractivity contribution in [3.8, 4) is 0 Å². The summed E-state index contributed by atoms with van der Waals surface area (Å²) in [5, 5.41) is 4.15. The monoisotopic (exact) mass is 330 g/mol. The van der Waals surface area contributed by atoms with E-state index in [0.29, 0.717) is 0 Å². The van der Waals surface area contributed by atoms with Gasteiger partial charge in [0.05, 0.1) is 0 Å². The van der Waals surface area contributed by atoms with E-state index in [0.717, 1.165) is 27.1 Å². The molecule has 0 aliphatic rings. The van der Waals surface area contributed by atoms with Gasteiger partial charge in [0.1, 0.15) is 0 Å². The van der Waals surface area contributed by atoms with E-state index in [1.807, 2.05) is 48.5 Å². The van der Waals surface area contributed by atoms with E-state index in [2.05, 4.69) is 6.07 Å². The SMILES string of the molecule is O=P([O-])([O-])CCc1c2ccccc2cc2ccccc12.[Na+].[Na+]. The van der Waals surface area contributed by atoms with Gasteiger partial charge in [0, 0.05) is 0 Å². The molecule has 102 valence electrons. The standard InChI is InChI=1S/C16H15O3P.2Na/c17-20(18,19)10-9-16-14-7-3-1-5-12(14)11-13-6-2-4-8-15(13)16;;/h1-8,11H,9-10H2,(H2,17,18,19);;/q;2*+1/p-2. The molecule has 3 aromatic rings. The van der Waals surface area contributed by atoms with Gasteiger partial charge >= 0.3 is 59.1 Å². The van der Waals surface area contributed by atoms with Crippen LogP contribution >= 0.6 is 7.60 Å². The van der Waals surface area contributed by atoms with Crippen LogP contribution < -0.4 is 68.9 Å². The van der Waals surface area contributed by atoms with E-state index in [9.17, 15) is 14.4 Å². The first-order valence-electron chi connectivity index (χ1n) is 6.45. The van der Waals surface area contributed by atoms with Gasteiger partial charge in [0.15, 0.2) is 0 Å². The van der Waals surface area contributed by atoms with Gasteiger partial charge in [-0.3, -0.25) is 0 Å². The van der Waals surface area contributed by atoms with Crippen LogP contribution in [0, 0.1) is 0 Å². The average Bonchev–Trinajstić information content (AvgIpc) is 2.42. The number of aryl methyl sites for hydroxylation is 1. The van der Waals surface area contributed by atoms with E-state index in [-0.39, 0.29) is 71.7 Å². The van der Waals surface area contributed by atoms with E-state index >= 15 is 0 Å². The summed E-state index contributed by atoms with van der Waals surface area (Å²) in [6, 6.07) is 17.8. The molecule has 0 spiro atoms. The van der Waals surface area contributed by atoms with Crippen molar-refractivity contribution in [3.05, 3.63) is 60.2 Å². The summed E-state index contributed by atoms with van der Waals surface area (Å²) in [4.78, 5) is 21.9. The average molecular weight is 330 g/mol. The Hall–Kier alpha value is 0.330. The fourth-order valence-electron chi connectivity index (χ4n) is 2.63. The molecular formula is C16H13Na2O3P. The van der Waals surface area contributed by atoms with Gasteiger partial charge < -0.3 is 14.4 Å². The van der Waals surface area contributed by atoms with Gasteiger partial charge in [0.25, 0.3) is 0 Å². The second-order valence-corrected chi connectivity index (χ2v) is 6.55. The van der Waals surface area contributed by atoms with Gasteiger partial charge in [-0.25, -0.2) is 0 Å². The number of hydrogen-bond donors (Lipinski definition) is 0. The minimum absolute atomic E-state index is 0. The fraction of sp³-hybridized carbons (Fsp3) is 0.125. The van der Waals surface area contributed by atoms with E-state index < -0.39 is 7.60 Å². The number of fused-ring (bicyclic) bond motifs is 2. The van der Waals surface area contributed by atoms with Crippen molar-refractivity contribution in [2.45, 2.75) is 6.42 Å². The summed E-state index contributed by atoms with van der Waals surface area (Å²) < 4.78 is 10.9. The molecule has 0 radical (unpaired) electrons. The van der Waals surface area contributed by atoms with Crippen molar-refractivity contribution >= 4 is 29.1 Å². The fourth-order valence-corrected chi connectivity index (χ4v) is 3.12. The summed E-state index contributed by atoms with van der Waals surface area (Å²) in [7, 11) is -4.49.